The Morgan fingerprint density at radius 3 is 2.39 bits per heavy atom. The van der Waals surface area contributed by atoms with E-state index in [0.717, 1.165) is 18.2 Å². The summed E-state index contributed by atoms with van der Waals surface area (Å²) in [5.74, 6) is -1.69. The number of carbonyl (C=O) groups is 1. The molecule has 152 valence electrons. The average Bonchev–Trinajstić information content (AvgIpc) is 2.59. The number of hydrogen-bond donors (Lipinski definition) is 2. The smallest absolute Gasteiger partial charge is 0.348 e. The van der Waals surface area contributed by atoms with Crippen molar-refractivity contribution in [2.45, 2.75) is 32.0 Å². The lowest BCUT2D eigenvalue weighted by molar-refractivity contribution is -0.137. The fourth-order valence-corrected chi connectivity index (χ4v) is 2.57. The van der Waals surface area contributed by atoms with E-state index in [1.165, 1.54) is 11.8 Å². The van der Waals surface area contributed by atoms with Gasteiger partial charge in [0.05, 0.1) is 11.1 Å². The molecule has 0 fully saturated rings. The predicted octanol–water partition coefficient (Wildman–Crippen LogP) is 3.05. The van der Waals surface area contributed by atoms with E-state index < -0.39 is 34.6 Å². The zero-order valence-electron chi connectivity index (χ0n) is 15.7. The van der Waals surface area contributed by atoms with Crippen molar-refractivity contribution in [3.63, 3.8) is 0 Å². The molecule has 2 aromatic rings. The van der Waals surface area contributed by atoms with Gasteiger partial charge >= 0.3 is 6.18 Å². The first-order valence-corrected chi connectivity index (χ1v) is 8.36. The normalized spacial score (nSPS) is 13.7. The third-order valence-electron chi connectivity index (χ3n) is 4.37. The summed E-state index contributed by atoms with van der Waals surface area (Å²) in [6.45, 7) is 3.13. The molecular formula is C18H20F4N4O2. The largest absolute Gasteiger partial charge is 0.416 e. The van der Waals surface area contributed by atoms with Gasteiger partial charge in [-0.05, 0) is 25.5 Å². The summed E-state index contributed by atoms with van der Waals surface area (Å²) in [5.41, 5.74) is -3.28. The molecule has 1 aromatic heterocycles. The zero-order chi connectivity index (χ0) is 21.3. The number of halogens is 4. The molecule has 2 N–H and O–H groups in total. The minimum absolute atomic E-state index is 0.103. The van der Waals surface area contributed by atoms with Crippen LogP contribution < -0.4 is 15.8 Å². The average molecular weight is 400 g/mol. The van der Waals surface area contributed by atoms with Crippen LogP contribution in [0, 0.1) is 5.82 Å². The fraction of sp³-hybridized carbons (Fsp3) is 0.389. The third-order valence-corrected chi connectivity index (χ3v) is 4.37. The Morgan fingerprint density at radius 2 is 1.89 bits per heavy atom. The maximum Gasteiger partial charge on any atom is 0.416 e. The number of rotatable bonds is 5. The minimum Gasteiger partial charge on any atom is -0.348 e. The number of nitrogens with zero attached hydrogens (tertiary/aromatic N) is 2. The van der Waals surface area contributed by atoms with E-state index in [1.54, 1.807) is 21.0 Å². The highest BCUT2D eigenvalue weighted by Crippen LogP contribution is 2.34. The lowest BCUT2D eigenvalue weighted by Gasteiger charge is -2.31. The molecule has 0 aliphatic heterocycles. The van der Waals surface area contributed by atoms with Crippen molar-refractivity contribution >= 4 is 11.9 Å². The number of H-pyrrole nitrogens is 1. The molecule has 6 nitrogen and oxygen atoms in total. The molecule has 1 amide bonds. The lowest BCUT2D eigenvalue weighted by atomic mass is 9.88. The van der Waals surface area contributed by atoms with E-state index in [-0.39, 0.29) is 23.6 Å². The van der Waals surface area contributed by atoms with Crippen LogP contribution in [-0.2, 0) is 11.7 Å². The van der Waals surface area contributed by atoms with Crippen LogP contribution in [0.3, 0.4) is 0 Å². The van der Waals surface area contributed by atoms with Gasteiger partial charge in [0, 0.05) is 25.7 Å². The van der Waals surface area contributed by atoms with Gasteiger partial charge in [0.2, 0.25) is 5.95 Å². The van der Waals surface area contributed by atoms with Crippen LogP contribution in [0.4, 0.5) is 23.5 Å². The second kappa shape index (κ2) is 7.61. The van der Waals surface area contributed by atoms with Gasteiger partial charge in [-0.15, -0.1) is 0 Å². The number of benzene rings is 1. The first-order chi connectivity index (χ1) is 12.9. The molecule has 10 heteroatoms. The summed E-state index contributed by atoms with van der Waals surface area (Å²) >= 11 is 0. The van der Waals surface area contributed by atoms with Crippen LogP contribution >= 0.6 is 0 Å². The number of nitrogens with one attached hydrogen (secondary N) is 2. The maximum absolute atomic E-state index is 14.4. The second-order valence-electron chi connectivity index (χ2n) is 6.68. The SMILES string of the molecule is CCC(C)(NC(=O)c1cc(=O)[nH]c(N(C)C)n1)c1ccc(C(F)(F)F)cc1F. The molecule has 0 spiro atoms. The fourth-order valence-electron chi connectivity index (χ4n) is 2.57. The summed E-state index contributed by atoms with van der Waals surface area (Å²) in [5, 5.41) is 2.57. The summed E-state index contributed by atoms with van der Waals surface area (Å²) < 4.78 is 52.7. The van der Waals surface area contributed by atoms with E-state index in [4.69, 9.17) is 0 Å². The number of anilines is 1. The van der Waals surface area contributed by atoms with Gasteiger partial charge in [-0.3, -0.25) is 14.6 Å². The number of hydrogen-bond acceptors (Lipinski definition) is 4. The summed E-state index contributed by atoms with van der Waals surface area (Å²) in [6.07, 6.45) is -4.49. The van der Waals surface area contributed by atoms with Crippen molar-refractivity contribution in [3.05, 3.63) is 57.3 Å². The van der Waals surface area contributed by atoms with Gasteiger partial charge in [-0.2, -0.15) is 13.2 Å². The molecule has 0 bridgehead atoms. The number of aromatic amines is 1. The molecule has 2 rings (SSSR count). The third kappa shape index (κ3) is 4.49. The Hall–Kier alpha value is -2.91. The molecule has 1 aromatic carbocycles. The van der Waals surface area contributed by atoms with Crippen LogP contribution in [0.25, 0.3) is 0 Å². The van der Waals surface area contributed by atoms with Crippen LogP contribution in [-0.4, -0.2) is 30.0 Å². The van der Waals surface area contributed by atoms with Crippen molar-refractivity contribution < 1.29 is 22.4 Å². The molecule has 0 radical (unpaired) electrons. The van der Waals surface area contributed by atoms with Crippen LogP contribution in [0.2, 0.25) is 0 Å². The van der Waals surface area contributed by atoms with Gasteiger partial charge in [0.15, 0.2) is 0 Å². The van der Waals surface area contributed by atoms with Gasteiger partial charge in [-0.1, -0.05) is 13.0 Å². The summed E-state index contributed by atoms with van der Waals surface area (Å²) in [4.78, 5) is 32.3. The highest BCUT2D eigenvalue weighted by Gasteiger charge is 2.35. The Kier molecular flexibility index (Phi) is 5.81. The highest BCUT2D eigenvalue weighted by atomic mass is 19.4. The van der Waals surface area contributed by atoms with Gasteiger partial charge in [0.1, 0.15) is 11.5 Å². The number of aromatic nitrogens is 2. The number of carbonyl (C=O) groups excluding carboxylic acids is 1. The molecule has 1 unspecified atom stereocenters. The Balaban J connectivity index is 2.40. The summed E-state index contributed by atoms with van der Waals surface area (Å²) in [6, 6.07) is 3.14. The van der Waals surface area contributed by atoms with Crippen molar-refractivity contribution in [1.29, 1.82) is 0 Å². The molecule has 0 saturated carbocycles. The van der Waals surface area contributed by atoms with Crippen LogP contribution in [0.1, 0.15) is 41.9 Å². The Morgan fingerprint density at radius 1 is 1.25 bits per heavy atom. The van der Waals surface area contributed by atoms with Crippen molar-refractivity contribution in [2.24, 2.45) is 0 Å². The first-order valence-electron chi connectivity index (χ1n) is 8.36. The van der Waals surface area contributed by atoms with E-state index >= 15 is 0 Å². The van der Waals surface area contributed by atoms with Gasteiger partial charge < -0.3 is 10.2 Å². The molecule has 0 aliphatic carbocycles. The van der Waals surface area contributed by atoms with Crippen molar-refractivity contribution in [2.75, 3.05) is 19.0 Å². The topological polar surface area (TPSA) is 78.1 Å². The van der Waals surface area contributed by atoms with Crippen LogP contribution in [0.5, 0.6) is 0 Å². The highest BCUT2D eigenvalue weighted by molar-refractivity contribution is 5.93. The molecule has 28 heavy (non-hydrogen) atoms. The van der Waals surface area contributed by atoms with E-state index in [0.29, 0.717) is 6.07 Å². The molecule has 1 atom stereocenters. The Bertz CT molecular complexity index is 940. The number of alkyl halides is 3. The van der Waals surface area contributed by atoms with E-state index in [1.807, 2.05) is 0 Å². The maximum atomic E-state index is 14.4. The Labute approximate surface area is 158 Å². The molecular weight excluding hydrogens is 380 g/mol. The standard InChI is InChI=1S/C18H20F4N4O2/c1-5-17(2,11-7-6-10(8-12(11)19)18(20,21)22)25-15(28)13-9-14(27)24-16(23-13)26(3)4/h6-9H,5H2,1-4H3,(H,25,28)(H,23,24,27). The van der Waals surface area contributed by atoms with E-state index in [2.05, 4.69) is 15.3 Å². The molecule has 1 heterocycles. The monoisotopic (exact) mass is 400 g/mol. The van der Waals surface area contributed by atoms with Crippen molar-refractivity contribution in [3.8, 4) is 0 Å². The lowest BCUT2D eigenvalue weighted by Crippen LogP contribution is -2.44. The van der Waals surface area contributed by atoms with Crippen LogP contribution in [0.15, 0.2) is 29.1 Å². The zero-order valence-corrected chi connectivity index (χ0v) is 15.7. The van der Waals surface area contributed by atoms with Gasteiger partial charge in [-0.25, -0.2) is 9.37 Å². The quantitative estimate of drug-likeness (QED) is 0.757. The minimum atomic E-state index is -4.68. The predicted molar refractivity (Wildman–Crippen MR) is 95.7 cm³/mol. The molecule has 0 saturated heterocycles. The molecule has 0 aliphatic rings. The van der Waals surface area contributed by atoms with E-state index in [9.17, 15) is 27.2 Å². The first kappa shape index (κ1) is 21.4. The van der Waals surface area contributed by atoms with Gasteiger partial charge in [0.25, 0.3) is 11.5 Å². The second-order valence-corrected chi connectivity index (χ2v) is 6.68. The van der Waals surface area contributed by atoms with Crippen molar-refractivity contribution in [1.82, 2.24) is 15.3 Å². The number of amides is 1. The summed E-state index contributed by atoms with van der Waals surface area (Å²) in [7, 11) is 3.24.